The van der Waals surface area contributed by atoms with Gasteiger partial charge in [0.25, 0.3) is 0 Å². The van der Waals surface area contributed by atoms with Crippen molar-refractivity contribution in [2.75, 3.05) is 13.6 Å². The van der Waals surface area contributed by atoms with Crippen LogP contribution < -0.4 is 5.32 Å². The van der Waals surface area contributed by atoms with Crippen molar-refractivity contribution >= 4 is 6.03 Å². The molecule has 0 radical (unpaired) electrons. The number of carbonyl (C=O) groups excluding carboxylic acids is 1. The molecule has 2 unspecified atom stereocenters. The largest absolute Gasteiger partial charge is 0.391 e. The van der Waals surface area contributed by atoms with Crippen molar-refractivity contribution in [1.82, 2.24) is 10.2 Å². The zero-order chi connectivity index (χ0) is 12.3. The minimum atomic E-state index is -0.354. The highest BCUT2D eigenvalue weighted by Crippen LogP contribution is 2.32. The SMILES string of the molecule is CN(CC(O)C1CC1)C(=O)NC1C=CCCC1. The number of likely N-dealkylation sites (N-methyl/N-ethyl adjacent to an activating group) is 1. The number of nitrogens with one attached hydrogen (secondary N) is 1. The highest BCUT2D eigenvalue weighted by molar-refractivity contribution is 5.74. The first-order valence-corrected chi connectivity index (χ1v) is 6.53. The number of aliphatic hydroxyl groups is 1. The second-order valence-corrected chi connectivity index (χ2v) is 5.20. The average molecular weight is 238 g/mol. The summed E-state index contributed by atoms with van der Waals surface area (Å²) in [6.07, 6.45) is 9.29. The van der Waals surface area contributed by atoms with Crippen LogP contribution in [-0.4, -0.2) is 41.8 Å². The van der Waals surface area contributed by atoms with Crippen LogP contribution in [0.25, 0.3) is 0 Å². The van der Waals surface area contributed by atoms with E-state index in [1.54, 1.807) is 11.9 Å². The minimum Gasteiger partial charge on any atom is -0.391 e. The summed E-state index contributed by atoms with van der Waals surface area (Å²) in [5.74, 6) is 0.417. The number of urea groups is 1. The number of rotatable bonds is 4. The molecule has 0 aromatic rings. The van der Waals surface area contributed by atoms with Crippen LogP contribution in [0.4, 0.5) is 4.79 Å². The Kier molecular flexibility index (Phi) is 4.05. The van der Waals surface area contributed by atoms with E-state index < -0.39 is 0 Å². The normalized spacial score (nSPS) is 25.4. The summed E-state index contributed by atoms with van der Waals surface area (Å²) in [5.41, 5.74) is 0. The Balaban J connectivity index is 1.73. The van der Waals surface area contributed by atoms with Crippen LogP contribution >= 0.6 is 0 Å². The lowest BCUT2D eigenvalue weighted by Crippen LogP contribution is -2.45. The number of nitrogens with zero attached hydrogens (tertiary/aromatic N) is 1. The molecule has 1 saturated carbocycles. The van der Waals surface area contributed by atoms with Crippen molar-refractivity contribution in [3.05, 3.63) is 12.2 Å². The molecule has 2 rings (SSSR count). The number of hydrogen-bond acceptors (Lipinski definition) is 2. The molecule has 0 aromatic carbocycles. The van der Waals surface area contributed by atoms with Crippen LogP contribution in [0.1, 0.15) is 32.1 Å². The predicted molar refractivity (Wildman–Crippen MR) is 66.7 cm³/mol. The Hall–Kier alpha value is -1.03. The second kappa shape index (κ2) is 5.54. The van der Waals surface area contributed by atoms with Gasteiger partial charge in [-0.25, -0.2) is 4.79 Å². The Morgan fingerprint density at radius 3 is 2.88 bits per heavy atom. The van der Waals surface area contributed by atoms with E-state index in [1.807, 2.05) is 0 Å². The Morgan fingerprint density at radius 1 is 1.53 bits per heavy atom. The number of hydrogen-bond donors (Lipinski definition) is 2. The molecule has 0 spiro atoms. The third kappa shape index (κ3) is 3.73. The lowest BCUT2D eigenvalue weighted by atomic mass is 10.0. The van der Waals surface area contributed by atoms with Gasteiger partial charge in [-0.2, -0.15) is 0 Å². The van der Waals surface area contributed by atoms with Gasteiger partial charge in [0.1, 0.15) is 0 Å². The van der Waals surface area contributed by atoms with E-state index in [1.165, 1.54) is 0 Å². The molecule has 0 bridgehead atoms. The minimum absolute atomic E-state index is 0.0822. The van der Waals surface area contributed by atoms with Crippen molar-refractivity contribution in [1.29, 1.82) is 0 Å². The zero-order valence-electron chi connectivity index (χ0n) is 10.4. The molecule has 2 aliphatic carbocycles. The summed E-state index contributed by atoms with van der Waals surface area (Å²) in [5, 5.41) is 12.8. The van der Waals surface area contributed by atoms with Crippen molar-refractivity contribution in [2.24, 2.45) is 5.92 Å². The van der Waals surface area contributed by atoms with E-state index in [-0.39, 0.29) is 18.2 Å². The number of carbonyl (C=O) groups is 1. The summed E-state index contributed by atoms with van der Waals surface area (Å²) in [6.45, 7) is 0.437. The second-order valence-electron chi connectivity index (χ2n) is 5.20. The van der Waals surface area contributed by atoms with Crippen LogP contribution in [-0.2, 0) is 0 Å². The molecule has 4 nitrogen and oxygen atoms in total. The molecule has 0 heterocycles. The molecule has 96 valence electrons. The van der Waals surface area contributed by atoms with E-state index in [4.69, 9.17) is 0 Å². The number of aliphatic hydroxyl groups excluding tert-OH is 1. The number of amides is 2. The van der Waals surface area contributed by atoms with Crippen LogP contribution in [0.3, 0.4) is 0 Å². The molecule has 17 heavy (non-hydrogen) atoms. The van der Waals surface area contributed by atoms with Crippen molar-refractivity contribution < 1.29 is 9.90 Å². The van der Waals surface area contributed by atoms with Gasteiger partial charge in [0, 0.05) is 19.6 Å². The fourth-order valence-electron chi connectivity index (χ4n) is 2.19. The van der Waals surface area contributed by atoms with E-state index in [9.17, 15) is 9.90 Å². The van der Waals surface area contributed by atoms with Gasteiger partial charge in [-0.3, -0.25) is 0 Å². The van der Waals surface area contributed by atoms with E-state index >= 15 is 0 Å². The van der Waals surface area contributed by atoms with Crippen molar-refractivity contribution in [2.45, 2.75) is 44.2 Å². The fraction of sp³-hybridized carbons (Fsp3) is 0.769. The van der Waals surface area contributed by atoms with Crippen LogP contribution in [0.2, 0.25) is 0 Å². The maximum Gasteiger partial charge on any atom is 0.317 e. The molecule has 0 saturated heterocycles. The maximum absolute atomic E-state index is 11.9. The smallest absolute Gasteiger partial charge is 0.317 e. The summed E-state index contributed by atoms with van der Waals surface area (Å²) >= 11 is 0. The first-order valence-electron chi connectivity index (χ1n) is 6.53. The van der Waals surface area contributed by atoms with E-state index in [2.05, 4.69) is 17.5 Å². The van der Waals surface area contributed by atoms with E-state index in [0.717, 1.165) is 32.1 Å². The molecule has 2 N–H and O–H groups in total. The van der Waals surface area contributed by atoms with Crippen LogP contribution in [0.15, 0.2) is 12.2 Å². The molecule has 0 aromatic heterocycles. The summed E-state index contributed by atoms with van der Waals surface area (Å²) in [7, 11) is 1.74. The van der Waals surface area contributed by atoms with Crippen molar-refractivity contribution in [3.8, 4) is 0 Å². The van der Waals surface area contributed by atoms with Gasteiger partial charge in [0.2, 0.25) is 0 Å². The summed E-state index contributed by atoms with van der Waals surface area (Å²) < 4.78 is 0. The number of allylic oxidation sites excluding steroid dienone is 1. The Labute approximate surface area is 103 Å². The summed E-state index contributed by atoms with van der Waals surface area (Å²) in [6, 6.07) is 0.0815. The lowest BCUT2D eigenvalue weighted by molar-refractivity contribution is 0.113. The molecule has 2 amide bonds. The molecule has 2 aliphatic rings. The van der Waals surface area contributed by atoms with Crippen LogP contribution in [0.5, 0.6) is 0 Å². The molecule has 2 atom stereocenters. The average Bonchev–Trinajstić information content (AvgIpc) is 3.14. The Morgan fingerprint density at radius 2 is 2.29 bits per heavy atom. The van der Waals surface area contributed by atoms with Gasteiger partial charge in [0.15, 0.2) is 0 Å². The molecule has 0 aliphatic heterocycles. The predicted octanol–water partition coefficient (Wildman–Crippen LogP) is 1.51. The quantitative estimate of drug-likeness (QED) is 0.729. The highest BCUT2D eigenvalue weighted by Gasteiger charge is 2.31. The first kappa shape index (κ1) is 12.4. The lowest BCUT2D eigenvalue weighted by Gasteiger charge is -2.25. The van der Waals surface area contributed by atoms with Crippen molar-refractivity contribution in [3.63, 3.8) is 0 Å². The maximum atomic E-state index is 11.9. The topological polar surface area (TPSA) is 52.6 Å². The standard InChI is InChI=1S/C13H22N2O2/c1-15(9-12(16)10-7-8-10)13(17)14-11-5-3-2-4-6-11/h3,5,10-12,16H,2,4,6-9H2,1H3,(H,14,17). The molecule has 4 heteroatoms. The zero-order valence-corrected chi connectivity index (χ0v) is 10.4. The molecular formula is C13H22N2O2. The summed E-state index contributed by atoms with van der Waals surface area (Å²) in [4.78, 5) is 13.4. The van der Waals surface area contributed by atoms with Gasteiger partial charge >= 0.3 is 6.03 Å². The van der Waals surface area contributed by atoms with Crippen LogP contribution in [0, 0.1) is 5.92 Å². The van der Waals surface area contributed by atoms with Gasteiger partial charge in [-0.15, -0.1) is 0 Å². The van der Waals surface area contributed by atoms with E-state index in [0.29, 0.717) is 12.5 Å². The first-order chi connectivity index (χ1) is 8.16. The third-order valence-electron chi connectivity index (χ3n) is 3.54. The third-order valence-corrected chi connectivity index (χ3v) is 3.54. The van der Waals surface area contributed by atoms with Gasteiger partial charge < -0.3 is 15.3 Å². The van der Waals surface area contributed by atoms with Gasteiger partial charge in [0.05, 0.1) is 6.10 Å². The fourth-order valence-corrected chi connectivity index (χ4v) is 2.19. The molecular weight excluding hydrogens is 216 g/mol. The highest BCUT2D eigenvalue weighted by atomic mass is 16.3. The monoisotopic (exact) mass is 238 g/mol. The van der Waals surface area contributed by atoms with Gasteiger partial charge in [-0.05, 0) is 38.0 Å². The van der Waals surface area contributed by atoms with Gasteiger partial charge in [-0.1, -0.05) is 12.2 Å². The Bertz CT molecular complexity index is 300. The molecule has 1 fully saturated rings.